The minimum Gasteiger partial charge on any atom is -0.480 e. The number of amides is 1. The van der Waals surface area contributed by atoms with E-state index in [-0.39, 0.29) is 23.8 Å². The minimum absolute atomic E-state index is 0.146. The van der Waals surface area contributed by atoms with Gasteiger partial charge in [-0.3, -0.25) is 4.79 Å². The number of nitrogens with two attached hydrogens (primary N) is 1. The summed E-state index contributed by atoms with van der Waals surface area (Å²) >= 11 is 0. The van der Waals surface area contributed by atoms with E-state index in [1.165, 1.54) is 4.90 Å². The largest absolute Gasteiger partial charge is 0.480 e. The fourth-order valence-corrected chi connectivity index (χ4v) is 2.74. The Hall–Kier alpha value is -1.10. The van der Waals surface area contributed by atoms with E-state index < -0.39 is 17.4 Å². The van der Waals surface area contributed by atoms with Gasteiger partial charge < -0.3 is 15.7 Å². The molecule has 2 atom stereocenters. The zero-order valence-electron chi connectivity index (χ0n) is 13.3. The number of hydrogen-bond acceptors (Lipinski definition) is 3. The van der Waals surface area contributed by atoms with Gasteiger partial charge in [0.05, 0.1) is 0 Å². The predicted octanol–water partition coefficient (Wildman–Crippen LogP) is 1.85. The average Bonchev–Trinajstić information content (AvgIpc) is 2.25. The van der Waals surface area contributed by atoms with E-state index in [1.807, 2.05) is 34.6 Å². The zero-order valence-corrected chi connectivity index (χ0v) is 13.3. The Balaban J connectivity index is 2.87. The van der Waals surface area contributed by atoms with E-state index >= 15 is 0 Å². The van der Waals surface area contributed by atoms with Crippen LogP contribution in [0.1, 0.15) is 53.9 Å². The van der Waals surface area contributed by atoms with Crippen LogP contribution in [0.3, 0.4) is 0 Å². The fourth-order valence-electron chi connectivity index (χ4n) is 2.74. The van der Waals surface area contributed by atoms with Crippen molar-refractivity contribution in [2.45, 2.75) is 66.0 Å². The lowest BCUT2D eigenvalue weighted by Gasteiger charge is -2.44. The van der Waals surface area contributed by atoms with Crippen molar-refractivity contribution in [3.63, 3.8) is 0 Å². The number of carbonyl (C=O) groups is 2. The number of piperidine rings is 1. The standard InChI is InChI=1S/C15H28N2O3/c1-14(2,3)10(16)9-11(18)17-8-6-7-15(4,5)12(17)13(19)20/h10,12H,6-9,16H2,1-5H3,(H,19,20). The van der Waals surface area contributed by atoms with Gasteiger partial charge >= 0.3 is 5.97 Å². The Morgan fingerprint density at radius 3 is 2.40 bits per heavy atom. The van der Waals surface area contributed by atoms with E-state index in [2.05, 4.69) is 0 Å². The van der Waals surface area contributed by atoms with Crippen molar-refractivity contribution < 1.29 is 14.7 Å². The molecule has 1 amide bonds. The Kier molecular flexibility index (Phi) is 4.85. The lowest BCUT2D eigenvalue weighted by Crippen LogP contribution is -2.57. The molecule has 0 bridgehead atoms. The number of nitrogens with zero attached hydrogens (tertiary/aromatic N) is 1. The van der Waals surface area contributed by atoms with Crippen molar-refractivity contribution in [1.82, 2.24) is 4.90 Å². The molecular weight excluding hydrogens is 256 g/mol. The van der Waals surface area contributed by atoms with Crippen molar-refractivity contribution in [2.24, 2.45) is 16.6 Å². The molecule has 1 aliphatic heterocycles. The molecule has 0 radical (unpaired) electrons. The van der Waals surface area contributed by atoms with Crippen LogP contribution in [-0.4, -0.2) is 40.5 Å². The molecule has 20 heavy (non-hydrogen) atoms. The molecular formula is C15H28N2O3. The second-order valence-electron chi connectivity index (χ2n) is 7.60. The second-order valence-corrected chi connectivity index (χ2v) is 7.60. The molecule has 1 saturated heterocycles. The summed E-state index contributed by atoms with van der Waals surface area (Å²) in [5.41, 5.74) is 5.49. The first-order valence-electron chi connectivity index (χ1n) is 7.24. The van der Waals surface area contributed by atoms with Gasteiger partial charge in [0.15, 0.2) is 0 Å². The van der Waals surface area contributed by atoms with Crippen LogP contribution in [0.15, 0.2) is 0 Å². The Morgan fingerprint density at radius 2 is 1.95 bits per heavy atom. The average molecular weight is 284 g/mol. The highest BCUT2D eigenvalue weighted by molar-refractivity contribution is 5.85. The maximum absolute atomic E-state index is 12.4. The van der Waals surface area contributed by atoms with Crippen molar-refractivity contribution in [2.75, 3.05) is 6.54 Å². The molecule has 1 fully saturated rings. The van der Waals surface area contributed by atoms with Gasteiger partial charge in [-0.1, -0.05) is 34.6 Å². The van der Waals surface area contributed by atoms with E-state index in [4.69, 9.17) is 5.73 Å². The third-order valence-corrected chi connectivity index (χ3v) is 4.33. The van der Waals surface area contributed by atoms with Crippen LogP contribution >= 0.6 is 0 Å². The summed E-state index contributed by atoms with van der Waals surface area (Å²) < 4.78 is 0. The number of aliphatic carboxylic acids is 1. The van der Waals surface area contributed by atoms with E-state index in [0.717, 1.165) is 12.8 Å². The van der Waals surface area contributed by atoms with Crippen molar-refractivity contribution in [1.29, 1.82) is 0 Å². The molecule has 0 aromatic rings. The van der Waals surface area contributed by atoms with Crippen LogP contribution in [0.4, 0.5) is 0 Å². The Morgan fingerprint density at radius 1 is 1.40 bits per heavy atom. The molecule has 5 heteroatoms. The van der Waals surface area contributed by atoms with E-state index in [0.29, 0.717) is 6.54 Å². The molecule has 2 unspecified atom stereocenters. The molecule has 116 valence electrons. The van der Waals surface area contributed by atoms with Gasteiger partial charge in [-0.25, -0.2) is 4.79 Å². The molecule has 0 saturated carbocycles. The number of carbonyl (C=O) groups excluding carboxylic acids is 1. The van der Waals surface area contributed by atoms with Gasteiger partial charge in [-0.2, -0.15) is 0 Å². The van der Waals surface area contributed by atoms with Crippen LogP contribution in [0.25, 0.3) is 0 Å². The molecule has 5 nitrogen and oxygen atoms in total. The molecule has 0 aromatic heterocycles. The summed E-state index contributed by atoms with van der Waals surface area (Å²) in [7, 11) is 0. The van der Waals surface area contributed by atoms with Crippen molar-refractivity contribution in [3.8, 4) is 0 Å². The highest BCUT2D eigenvalue weighted by Crippen LogP contribution is 2.36. The van der Waals surface area contributed by atoms with Gasteiger partial charge in [-0.15, -0.1) is 0 Å². The third kappa shape index (κ3) is 3.72. The first kappa shape index (κ1) is 17.0. The van der Waals surface area contributed by atoms with Crippen LogP contribution in [0.2, 0.25) is 0 Å². The highest BCUT2D eigenvalue weighted by Gasteiger charge is 2.44. The minimum atomic E-state index is -0.924. The lowest BCUT2D eigenvalue weighted by atomic mass is 9.76. The molecule has 0 aromatic carbocycles. The fraction of sp³-hybridized carbons (Fsp3) is 0.867. The van der Waals surface area contributed by atoms with Gasteiger partial charge in [0.2, 0.25) is 5.91 Å². The van der Waals surface area contributed by atoms with Crippen molar-refractivity contribution in [3.05, 3.63) is 0 Å². The maximum Gasteiger partial charge on any atom is 0.326 e. The summed E-state index contributed by atoms with van der Waals surface area (Å²) in [6.45, 7) is 10.3. The Bertz CT molecular complexity index is 385. The number of likely N-dealkylation sites (tertiary alicyclic amines) is 1. The number of carboxylic acid groups (broad SMARTS) is 1. The molecule has 0 aliphatic carbocycles. The molecule has 0 spiro atoms. The van der Waals surface area contributed by atoms with E-state index in [1.54, 1.807) is 0 Å². The van der Waals surface area contributed by atoms with Crippen LogP contribution < -0.4 is 5.73 Å². The van der Waals surface area contributed by atoms with Crippen LogP contribution in [0.5, 0.6) is 0 Å². The zero-order chi connectivity index (χ0) is 15.7. The first-order chi connectivity index (χ1) is 8.97. The van der Waals surface area contributed by atoms with Gasteiger partial charge in [0.1, 0.15) is 6.04 Å². The predicted molar refractivity (Wildman–Crippen MR) is 78.2 cm³/mol. The highest BCUT2D eigenvalue weighted by atomic mass is 16.4. The summed E-state index contributed by atoms with van der Waals surface area (Å²) in [6, 6.07) is -1.02. The van der Waals surface area contributed by atoms with Crippen LogP contribution in [0, 0.1) is 10.8 Å². The Labute approximate surface area is 121 Å². The monoisotopic (exact) mass is 284 g/mol. The maximum atomic E-state index is 12.4. The topological polar surface area (TPSA) is 83.6 Å². The normalized spacial score (nSPS) is 24.3. The molecule has 3 N–H and O–H groups in total. The van der Waals surface area contributed by atoms with Gasteiger partial charge in [0.25, 0.3) is 0 Å². The number of rotatable bonds is 3. The van der Waals surface area contributed by atoms with E-state index in [9.17, 15) is 14.7 Å². The smallest absolute Gasteiger partial charge is 0.326 e. The van der Waals surface area contributed by atoms with Crippen LogP contribution in [-0.2, 0) is 9.59 Å². The first-order valence-corrected chi connectivity index (χ1v) is 7.24. The quantitative estimate of drug-likeness (QED) is 0.828. The SMILES string of the molecule is CC(C)(C)C(N)CC(=O)N1CCCC(C)(C)C1C(=O)O. The van der Waals surface area contributed by atoms with Crippen molar-refractivity contribution >= 4 is 11.9 Å². The molecule has 1 heterocycles. The number of carboxylic acids is 1. The summed E-state index contributed by atoms with van der Waals surface area (Å²) in [5, 5.41) is 9.46. The molecule has 1 rings (SSSR count). The summed E-state index contributed by atoms with van der Waals surface area (Å²) in [6.07, 6.45) is 1.86. The lowest BCUT2D eigenvalue weighted by molar-refractivity contribution is -0.159. The number of hydrogen-bond donors (Lipinski definition) is 2. The van der Waals surface area contributed by atoms with Gasteiger partial charge in [-0.05, 0) is 23.7 Å². The molecule has 1 aliphatic rings. The third-order valence-electron chi connectivity index (χ3n) is 4.33. The summed E-state index contributed by atoms with van der Waals surface area (Å²) in [4.78, 5) is 25.5. The summed E-state index contributed by atoms with van der Waals surface area (Å²) in [5.74, 6) is -1.07. The van der Waals surface area contributed by atoms with Gasteiger partial charge in [0, 0.05) is 19.0 Å². The second kappa shape index (κ2) is 5.72.